The lowest BCUT2D eigenvalue weighted by Crippen LogP contribution is -2.23. The first-order chi connectivity index (χ1) is 5.61. The predicted molar refractivity (Wildman–Crippen MR) is 38.7 cm³/mol. The van der Waals surface area contributed by atoms with Gasteiger partial charge in [-0.05, 0) is 6.42 Å². The van der Waals surface area contributed by atoms with Crippen molar-refractivity contribution in [2.45, 2.75) is 19.4 Å². The van der Waals surface area contributed by atoms with E-state index in [0.717, 1.165) is 6.08 Å². The molecular formula is C7H10O5. The summed E-state index contributed by atoms with van der Waals surface area (Å²) in [6, 6.07) is 0. The Bertz CT molecular complexity index is 186. The maximum Gasteiger partial charge on any atom is 0.383 e. The number of aliphatic hydroxyl groups excluding tert-OH is 1. The highest BCUT2D eigenvalue weighted by Gasteiger charge is 2.16. The van der Waals surface area contributed by atoms with E-state index in [1.54, 1.807) is 6.92 Å². The summed E-state index contributed by atoms with van der Waals surface area (Å²) >= 11 is 0. The third-order valence-electron chi connectivity index (χ3n) is 1.03. The van der Waals surface area contributed by atoms with Crippen LogP contribution in [0.5, 0.6) is 0 Å². The van der Waals surface area contributed by atoms with Crippen LogP contribution in [0.4, 0.5) is 0 Å². The van der Waals surface area contributed by atoms with E-state index < -0.39 is 18.0 Å². The Labute approximate surface area is 69.5 Å². The maximum atomic E-state index is 10.6. The van der Waals surface area contributed by atoms with Gasteiger partial charge in [0.1, 0.15) is 0 Å². The number of carbonyl (C=O) groups is 2. The molecule has 5 nitrogen and oxygen atoms in total. The first-order valence-corrected chi connectivity index (χ1v) is 3.34. The Hall–Kier alpha value is -1.36. The lowest BCUT2D eigenvalue weighted by atomic mass is 10.3. The first-order valence-electron chi connectivity index (χ1n) is 3.34. The highest BCUT2D eigenvalue weighted by molar-refractivity contribution is 5.82. The van der Waals surface area contributed by atoms with Crippen LogP contribution < -0.4 is 0 Å². The van der Waals surface area contributed by atoms with Gasteiger partial charge in [0, 0.05) is 6.08 Å². The van der Waals surface area contributed by atoms with Crippen LogP contribution in [0.2, 0.25) is 0 Å². The maximum absolute atomic E-state index is 10.6. The van der Waals surface area contributed by atoms with Crippen molar-refractivity contribution in [2.24, 2.45) is 0 Å². The fraction of sp³-hybridized carbons (Fsp3) is 0.429. The van der Waals surface area contributed by atoms with Crippen LogP contribution in [0.1, 0.15) is 13.3 Å². The largest absolute Gasteiger partial charge is 0.383 e. The summed E-state index contributed by atoms with van der Waals surface area (Å²) in [5.41, 5.74) is 0. The number of carbonyl (C=O) groups excluding carboxylic acids is 2. The molecule has 0 bridgehead atoms. The average molecular weight is 174 g/mol. The van der Waals surface area contributed by atoms with Crippen LogP contribution >= 0.6 is 0 Å². The fourth-order valence-electron chi connectivity index (χ4n) is 0.338. The van der Waals surface area contributed by atoms with Crippen LogP contribution in [-0.2, 0) is 19.4 Å². The second-order valence-corrected chi connectivity index (χ2v) is 1.93. The quantitative estimate of drug-likeness (QED) is 0.368. The second kappa shape index (κ2) is 5.31. The predicted octanol–water partition coefficient (Wildman–Crippen LogP) is -0.0553. The van der Waals surface area contributed by atoms with Gasteiger partial charge in [-0.3, -0.25) is 0 Å². The van der Waals surface area contributed by atoms with E-state index in [4.69, 9.17) is 5.11 Å². The van der Waals surface area contributed by atoms with Gasteiger partial charge in [-0.1, -0.05) is 13.5 Å². The Morgan fingerprint density at radius 2 is 2.17 bits per heavy atom. The zero-order valence-corrected chi connectivity index (χ0v) is 6.65. The first kappa shape index (κ1) is 10.6. The number of hydrogen-bond acceptors (Lipinski definition) is 5. The van der Waals surface area contributed by atoms with Crippen molar-refractivity contribution in [3.8, 4) is 0 Å². The van der Waals surface area contributed by atoms with E-state index >= 15 is 0 Å². The topological polar surface area (TPSA) is 72.8 Å². The fourth-order valence-corrected chi connectivity index (χ4v) is 0.338. The minimum Gasteiger partial charge on any atom is -0.381 e. The molecule has 0 fully saturated rings. The zero-order valence-electron chi connectivity index (χ0n) is 6.65. The average Bonchev–Trinajstić information content (AvgIpc) is 2.11. The van der Waals surface area contributed by atoms with Gasteiger partial charge in [-0.25, -0.2) is 19.4 Å². The molecule has 0 aromatic carbocycles. The van der Waals surface area contributed by atoms with Crippen molar-refractivity contribution in [2.75, 3.05) is 0 Å². The molecule has 0 saturated heterocycles. The van der Waals surface area contributed by atoms with Crippen LogP contribution in [0.25, 0.3) is 0 Å². The molecule has 0 saturated carbocycles. The van der Waals surface area contributed by atoms with Crippen LogP contribution in [0.15, 0.2) is 12.7 Å². The van der Waals surface area contributed by atoms with Gasteiger partial charge in [0.2, 0.25) is 0 Å². The van der Waals surface area contributed by atoms with Crippen LogP contribution in [0, 0.1) is 0 Å². The summed E-state index contributed by atoms with van der Waals surface area (Å²) < 4.78 is 0. The van der Waals surface area contributed by atoms with Crippen molar-refractivity contribution in [3.63, 3.8) is 0 Å². The number of rotatable bonds is 3. The molecule has 1 unspecified atom stereocenters. The highest BCUT2D eigenvalue weighted by atomic mass is 17.2. The van der Waals surface area contributed by atoms with Gasteiger partial charge < -0.3 is 5.11 Å². The molecule has 0 heterocycles. The molecule has 5 heteroatoms. The molecule has 0 amide bonds. The zero-order chi connectivity index (χ0) is 9.56. The minimum atomic E-state index is -1.26. The Morgan fingerprint density at radius 3 is 2.58 bits per heavy atom. The van der Waals surface area contributed by atoms with Crippen molar-refractivity contribution in [1.29, 1.82) is 0 Å². The molecule has 0 aromatic rings. The van der Waals surface area contributed by atoms with Gasteiger partial charge in [0.05, 0.1) is 0 Å². The van der Waals surface area contributed by atoms with E-state index in [-0.39, 0.29) is 6.42 Å². The van der Waals surface area contributed by atoms with Gasteiger partial charge >= 0.3 is 11.9 Å². The molecule has 12 heavy (non-hydrogen) atoms. The normalized spacial score (nSPS) is 11.5. The lowest BCUT2D eigenvalue weighted by Gasteiger charge is -2.04. The summed E-state index contributed by atoms with van der Waals surface area (Å²) in [7, 11) is 0. The number of hydrogen-bond donors (Lipinski definition) is 1. The van der Waals surface area contributed by atoms with Gasteiger partial charge in [0.15, 0.2) is 6.10 Å². The minimum absolute atomic E-state index is 0.199. The summed E-state index contributed by atoms with van der Waals surface area (Å²) in [5.74, 6) is -1.88. The van der Waals surface area contributed by atoms with E-state index in [0.29, 0.717) is 0 Å². The Kier molecular flexibility index (Phi) is 4.71. The van der Waals surface area contributed by atoms with Crippen molar-refractivity contribution < 1.29 is 24.5 Å². The summed E-state index contributed by atoms with van der Waals surface area (Å²) in [4.78, 5) is 28.8. The molecule has 0 aliphatic heterocycles. The van der Waals surface area contributed by atoms with E-state index in [9.17, 15) is 9.59 Å². The molecule has 0 radical (unpaired) electrons. The molecule has 0 aromatic heterocycles. The molecule has 1 atom stereocenters. The van der Waals surface area contributed by atoms with Crippen LogP contribution in [0.3, 0.4) is 0 Å². The standard InChI is InChI=1S/C7H10O5/c1-3-5(8)7(10)12-11-6(9)4-2/h4-5,8H,2-3H2,1H3. The third kappa shape index (κ3) is 3.72. The summed E-state index contributed by atoms with van der Waals surface area (Å²) in [6.07, 6.45) is -0.224. The number of aliphatic hydroxyl groups is 1. The molecule has 1 N–H and O–H groups in total. The van der Waals surface area contributed by atoms with E-state index in [1.807, 2.05) is 0 Å². The summed E-state index contributed by atoms with van der Waals surface area (Å²) in [5, 5.41) is 8.82. The summed E-state index contributed by atoms with van der Waals surface area (Å²) in [6.45, 7) is 4.66. The molecule has 0 spiro atoms. The van der Waals surface area contributed by atoms with E-state index in [1.165, 1.54) is 0 Å². The Morgan fingerprint density at radius 1 is 1.58 bits per heavy atom. The molecule has 0 rings (SSSR count). The van der Waals surface area contributed by atoms with Crippen molar-refractivity contribution in [1.82, 2.24) is 0 Å². The second-order valence-electron chi connectivity index (χ2n) is 1.93. The van der Waals surface area contributed by atoms with Gasteiger partial charge in [0.25, 0.3) is 0 Å². The van der Waals surface area contributed by atoms with Gasteiger partial charge in [-0.2, -0.15) is 0 Å². The van der Waals surface area contributed by atoms with Crippen molar-refractivity contribution in [3.05, 3.63) is 12.7 Å². The lowest BCUT2D eigenvalue weighted by molar-refractivity contribution is -0.260. The molecule has 0 aliphatic rings. The molecule has 68 valence electrons. The van der Waals surface area contributed by atoms with E-state index in [2.05, 4.69) is 16.4 Å². The monoisotopic (exact) mass is 174 g/mol. The van der Waals surface area contributed by atoms with Gasteiger partial charge in [-0.15, -0.1) is 0 Å². The smallest absolute Gasteiger partial charge is 0.381 e. The van der Waals surface area contributed by atoms with Crippen molar-refractivity contribution >= 4 is 11.9 Å². The third-order valence-corrected chi connectivity index (χ3v) is 1.03. The highest BCUT2D eigenvalue weighted by Crippen LogP contribution is 1.94. The van der Waals surface area contributed by atoms with Crippen LogP contribution in [-0.4, -0.2) is 23.1 Å². The molecule has 0 aliphatic carbocycles. The SMILES string of the molecule is C=CC(=O)OOC(=O)C(O)CC. The Balaban J connectivity index is 3.71. The molecular weight excluding hydrogens is 164 g/mol.